The Bertz CT molecular complexity index is 419. The lowest BCUT2D eigenvalue weighted by atomic mass is 10.4. The van der Waals surface area contributed by atoms with E-state index in [9.17, 15) is 13.5 Å². The Hall–Kier alpha value is -1.04. The minimum Gasteiger partial charge on any atom is -0.504 e. The van der Waals surface area contributed by atoms with Crippen LogP contribution in [-0.4, -0.2) is 29.6 Å². The summed E-state index contributed by atoms with van der Waals surface area (Å²) in [4.78, 5) is 0. The van der Waals surface area contributed by atoms with E-state index >= 15 is 0 Å². The summed E-state index contributed by atoms with van der Waals surface area (Å²) >= 11 is 0. The zero-order valence-corrected chi connectivity index (χ0v) is 8.59. The number of nitrogens with zero attached hydrogens (tertiary/aromatic N) is 2. The largest absolute Gasteiger partial charge is 0.504 e. The molecule has 0 radical (unpaired) electrons. The summed E-state index contributed by atoms with van der Waals surface area (Å²) in [5, 5.41) is 13.2. The molecule has 6 heteroatoms. The minimum absolute atomic E-state index is 0.0589. The Morgan fingerprint density at radius 1 is 1.46 bits per heavy atom. The number of aromatic nitrogens is 2. The average molecular weight is 204 g/mol. The summed E-state index contributed by atoms with van der Waals surface area (Å²) in [7, 11) is -3.11. The fourth-order valence-corrected chi connectivity index (χ4v) is 1.73. The topological polar surface area (TPSA) is 72.2 Å². The third kappa shape index (κ3) is 2.21. The number of sulfone groups is 1. The van der Waals surface area contributed by atoms with Crippen molar-refractivity contribution in [1.29, 1.82) is 0 Å². The molecule has 0 aliphatic heterocycles. The van der Waals surface area contributed by atoms with Gasteiger partial charge in [-0.1, -0.05) is 0 Å². The Morgan fingerprint density at radius 2 is 2.00 bits per heavy atom. The fourth-order valence-electron chi connectivity index (χ4n) is 1.04. The molecule has 0 aliphatic rings. The molecule has 0 saturated heterocycles. The van der Waals surface area contributed by atoms with Crippen molar-refractivity contribution in [3.8, 4) is 5.75 Å². The molecule has 0 amide bonds. The first-order chi connectivity index (χ1) is 5.81. The Kier molecular flexibility index (Phi) is 2.34. The van der Waals surface area contributed by atoms with E-state index in [2.05, 4.69) is 5.10 Å². The van der Waals surface area contributed by atoms with Gasteiger partial charge in [-0.25, -0.2) is 8.42 Å². The first-order valence-corrected chi connectivity index (χ1v) is 5.78. The Balaban J connectivity index is 3.11. The molecule has 5 nitrogen and oxygen atoms in total. The van der Waals surface area contributed by atoms with Gasteiger partial charge >= 0.3 is 0 Å². The maximum Gasteiger partial charge on any atom is 0.167 e. The minimum atomic E-state index is -3.11. The van der Waals surface area contributed by atoms with Gasteiger partial charge in [0.25, 0.3) is 0 Å². The zero-order valence-electron chi connectivity index (χ0n) is 7.77. The highest BCUT2D eigenvalue weighted by molar-refractivity contribution is 7.89. The lowest BCUT2D eigenvalue weighted by molar-refractivity contribution is 0.465. The second-order valence-corrected chi connectivity index (χ2v) is 5.18. The lowest BCUT2D eigenvalue weighted by Crippen LogP contribution is -2.11. The van der Waals surface area contributed by atoms with E-state index in [0.29, 0.717) is 11.4 Å². The predicted octanol–water partition coefficient (Wildman–Crippen LogP) is 0.208. The van der Waals surface area contributed by atoms with Gasteiger partial charge in [0.2, 0.25) is 0 Å². The lowest BCUT2D eigenvalue weighted by Gasteiger charge is -2.00. The first kappa shape index (κ1) is 10.0. The summed E-state index contributed by atoms with van der Waals surface area (Å²) in [6.45, 7) is 3.25. The van der Waals surface area contributed by atoms with Crippen LogP contribution in [-0.2, 0) is 15.7 Å². The number of hydrogen-bond acceptors (Lipinski definition) is 4. The first-order valence-electron chi connectivity index (χ1n) is 3.72. The molecular formula is C7H12N2O3S. The zero-order chi connectivity index (χ0) is 10.2. The van der Waals surface area contributed by atoms with E-state index < -0.39 is 9.84 Å². The van der Waals surface area contributed by atoms with Crippen molar-refractivity contribution in [2.75, 3.05) is 6.26 Å². The van der Waals surface area contributed by atoms with Gasteiger partial charge in [-0.3, -0.25) is 4.68 Å². The molecule has 1 rings (SSSR count). The standard InChI is InChI=1S/C7H12N2O3S/c1-5-7(10)6(2)9(8-5)4-13(3,11)12/h10H,4H2,1-3H3. The molecule has 0 unspecified atom stereocenters. The second kappa shape index (κ2) is 3.02. The molecule has 1 heterocycles. The molecule has 0 spiro atoms. The van der Waals surface area contributed by atoms with Gasteiger partial charge < -0.3 is 5.11 Å². The van der Waals surface area contributed by atoms with Crippen LogP contribution >= 0.6 is 0 Å². The highest BCUT2D eigenvalue weighted by Crippen LogP contribution is 2.19. The summed E-state index contributed by atoms with van der Waals surface area (Å²) < 4.78 is 23.1. The van der Waals surface area contributed by atoms with E-state index in [0.717, 1.165) is 6.26 Å². The molecule has 0 aliphatic carbocycles. The third-order valence-corrected chi connectivity index (χ3v) is 2.41. The van der Waals surface area contributed by atoms with Gasteiger partial charge in [-0.15, -0.1) is 0 Å². The van der Waals surface area contributed by atoms with Crippen molar-refractivity contribution in [1.82, 2.24) is 9.78 Å². The van der Waals surface area contributed by atoms with Gasteiger partial charge in [0.05, 0.1) is 5.69 Å². The van der Waals surface area contributed by atoms with Gasteiger partial charge in [0.1, 0.15) is 11.6 Å². The number of rotatable bonds is 2. The average Bonchev–Trinajstić information content (AvgIpc) is 2.15. The highest BCUT2D eigenvalue weighted by atomic mass is 32.2. The number of aromatic hydroxyl groups is 1. The summed E-state index contributed by atoms with van der Waals surface area (Å²) in [5.74, 6) is -0.135. The summed E-state index contributed by atoms with van der Waals surface area (Å²) in [6, 6.07) is 0. The van der Waals surface area contributed by atoms with Crippen LogP contribution in [0.25, 0.3) is 0 Å². The van der Waals surface area contributed by atoms with Crippen molar-refractivity contribution in [2.24, 2.45) is 0 Å². The molecule has 1 aromatic heterocycles. The van der Waals surface area contributed by atoms with Gasteiger partial charge in [-0.05, 0) is 13.8 Å². The molecule has 13 heavy (non-hydrogen) atoms. The second-order valence-electron chi connectivity index (χ2n) is 3.07. The Morgan fingerprint density at radius 3 is 2.31 bits per heavy atom. The quantitative estimate of drug-likeness (QED) is 0.747. The molecule has 0 saturated carbocycles. The van der Waals surface area contributed by atoms with E-state index in [1.165, 1.54) is 4.68 Å². The van der Waals surface area contributed by atoms with Crippen LogP contribution in [0, 0.1) is 13.8 Å². The SMILES string of the molecule is Cc1nn(CS(C)(=O)=O)c(C)c1O. The van der Waals surface area contributed by atoms with Gasteiger partial charge in [0.15, 0.2) is 15.6 Å². The summed E-state index contributed by atoms with van der Waals surface area (Å²) in [6.07, 6.45) is 1.13. The predicted molar refractivity (Wildman–Crippen MR) is 48.2 cm³/mol. The monoisotopic (exact) mass is 204 g/mol. The molecule has 0 bridgehead atoms. The molecule has 0 aromatic carbocycles. The summed E-state index contributed by atoms with van der Waals surface area (Å²) in [5.41, 5.74) is 0.920. The van der Waals surface area contributed by atoms with Crippen LogP contribution in [0.15, 0.2) is 0 Å². The van der Waals surface area contributed by atoms with E-state index in [1.54, 1.807) is 13.8 Å². The third-order valence-electron chi connectivity index (χ3n) is 1.70. The number of hydrogen-bond donors (Lipinski definition) is 1. The number of aryl methyl sites for hydroxylation is 1. The van der Waals surface area contributed by atoms with Crippen LogP contribution in [0.1, 0.15) is 11.4 Å². The van der Waals surface area contributed by atoms with Gasteiger partial charge in [0, 0.05) is 6.26 Å². The van der Waals surface area contributed by atoms with E-state index in [-0.39, 0.29) is 11.6 Å². The smallest absolute Gasteiger partial charge is 0.167 e. The fraction of sp³-hybridized carbons (Fsp3) is 0.571. The molecule has 1 aromatic rings. The van der Waals surface area contributed by atoms with E-state index in [1.807, 2.05) is 0 Å². The van der Waals surface area contributed by atoms with Crippen LogP contribution in [0.2, 0.25) is 0 Å². The molecule has 74 valence electrons. The van der Waals surface area contributed by atoms with Crippen LogP contribution in [0.4, 0.5) is 0 Å². The Labute approximate surface area is 76.9 Å². The van der Waals surface area contributed by atoms with Crippen LogP contribution < -0.4 is 0 Å². The molecule has 1 N–H and O–H groups in total. The molecule has 0 fully saturated rings. The van der Waals surface area contributed by atoms with Crippen molar-refractivity contribution in [3.63, 3.8) is 0 Å². The molecule has 0 atom stereocenters. The van der Waals surface area contributed by atoms with Crippen LogP contribution in [0.5, 0.6) is 5.75 Å². The van der Waals surface area contributed by atoms with Crippen LogP contribution in [0.3, 0.4) is 0 Å². The maximum atomic E-state index is 10.9. The normalized spacial score (nSPS) is 11.9. The van der Waals surface area contributed by atoms with Crippen molar-refractivity contribution >= 4 is 9.84 Å². The van der Waals surface area contributed by atoms with Gasteiger partial charge in [-0.2, -0.15) is 5.10 Å². The van der Waals surface area contributed by atoms with Crippen molar-refractivity contribution < 1.29 is 13.5 Å². The van der Waals surface area contributed by atoms with Crippen molar-refractivity contribution in [2.45, 2.75) is 19.7 Å². The van der Waals surface area contributed by atoms with E-state index in [4.69, 9.17) is 0 Å². The highest BCUT2D eigenvalue weighted by Gasteiger charge is 2.13. The van der Waals surface area contributed by atoms with Crippen molar-refractivity contribution in [3.05, 3.63) is 11.4 Å². The molecular weight excluding hydrogens is 192 g/mol. The maximum absolute atomic E-state index is 10.9.